The summed E-state index contributed by atoms with van der Waals surface area (Å²) < 4.78 is 64.2. The van der Waals surface area contributed by atoms with E-state index in [1.807, 2.05) is 31.2 Å². The number of hydrogen-bond acceptors (Lipinski definition) is 13. The minimum atomic E-state index is -0.612. The van der Waals surface area contributed by atoms with Crippen LogP contribution in [0.25, 0.3) is 0 Å². The molecule has 0 saturated carbocycles. The van der Waals surface area contributed by atoms with Crippen molar-refractivity contribution in [3.63, 3.8) is 0 Å². The van der Waals surface area contributed by atoms with Gasteiger partial charge in [0.15, 0.2) is 46.0 Å². The first-order valence-electron chi connectivity index (χ1n) is 23.0. The number of carbonyl (C=O) groups is 2. The molecule has 0 bridgehead atoms. The number of fused-ring (bicyclic) bond motifs is 2. The van der Waals surface area contributed by atoms with E-state index >= 15 is 0 Å². The van der Waals surface area contributed by atoms with Crippen molar-refractivity contribution in [1.29, 1.82) is 0 Å². The highest BCUT2D eigenvalue weighted by molar-refractivity contribution is 5.91. The molecule has 68 heavy (non-hydrogen) atoms. The van der Waals surface area contributed by atoms with Gasteiger partial charge < -0.3 is 61.1 Å². The molecule has 0 N–H and O–H groups in total. The highest BCUT2D eigenvalue weighted by Gasteiger charge is 2.44. The van der Waals surface area contributed by atoms with Crippen LogP contribution in [-0.2, 0) is 38.3 Å². The number of nitrogens with zero attached hydrogens (tertiary/aromatic N) is 2. The molecule has 4 aromatic carbocycles. The summed E-state index contributed by atoms with van der Waals surface area (Å²) >= 11 is 0. The summed E-state index contributed by atoms with van der Waals surface area (Å²) in [5.41, 5.74) is 7.68. The van der Waals surface area contributed by atoms with E-state index < -0.39 is 11.9 Å². The predicted octanol–water partition coefficient (Wildman–Crippen LogP) is 7.57. The van der Waals surface area contributed by atoms with Gasteiger partial charge in [0.05, 0.1) is 123 Å². The van der Waals surface area contributed by atoms with E-state index in [0.29, 0.717) is 86.5 Å². The Labute approximate surface area is 401 Å². The lowest BCUT2D eigenvalue weighted by Crippen LogP contribution is -2.52. The zero-order valence-corrected chi connectivity index (χ0v) is 41.9. The Morgan fingerprint density at radius 1 is 0.559 bits per heavy atom. The van der Waals surface area contributed by atoms with Crippen LogP contribution < -0.4 is 42.6 Å². The molecular formula is C53H70N2O13+2. The van der Waals surface area contributed by atoms with E-state index in [1.165, 1.54) is 11.1 Å². The van der Waals surface area contributed by atoms with E-state index in [4.69, 9.17) is 52.1 Å². The molecule has 0 saturated heterocycles. The summed E-state index contributed by atoms with van der Waals surface area (Å²) in [5, 5.41) is 0. The van der Waals surface area contributed by atoms with Crippen LogP contribution in [0, 0.1) is 6.92 Å². The van der Waals surface area contributed by atoms with E-state index in [0.717, 1.165) is 72.4 Å². The van der Waals surface area contributed by atoms with Gasteiger partial charge >= 0.3 is 11.9 Å². The second-order valence-corrected chi connectivity index (χ2v) is 17.7. The van der Waals surface area contributed by atoms with E-state index in [1.54, 1.807) is 64.0 Å². The minimum absolute atomic E-state index is 0.00879. The largest absolute Gasteiger partial charge is 0.493 e. The molecular weight excluding hydrogens is 873 g/mol. The molecule has 4 aromatic rings. The van der Waals surface area contributed by atoms with Crippen molar-refractivity contribution in [2.45, 2.75) is 51.1 Å². The number of rotatable bonds is 22. The van der Waals surface area contributed by atoms with Gasteiger partial charge in [-0.05, 0) is 71.6 Å². The van der Waals surface area contributed by atoms with Crippen LogP contribution in [0.4, 0.5) is 0 Å². The fourth-order valence-corrected chi connectivity index (χ4v) is 10.3. The zero-order valence-electron chi connectivity index (χ0n) is 41.9. The molecule has 2 aliphatic heterocycles. The lowest BCUT2D eigenvalue weighted by Gasteiger charge is -2.46. The summed E-state index contributed by atoms with van der Waals surface area (Å²) in [4.78, 5) is 25.8. The standard InChI is InChI=1S/C53H70N2O13/c1-34-27-37-20-24-55(3,50(49(37)53(66-12)51(34)64-10)38-15-16-41(58-4)42(32-38)59-5)22-14-26-68-48(57)18-17-47(56)67-25-13-21-54(2)23-19-36-31-43(60-6)44(61-7)33-39(36)40(54)28-35-29-45(62-8)52(65-11)46(30-35)63-9/h15-18,27,29-33,40,50H,13-14,19-26,28H2,1-12H3/q+2/b18-17-. The molecule has 0 aromatic heterocycles. The minimum Gasteiger partial charge on any atom is -0.493 e. The third-order valence-corrected chi connectivity index (χ3v) is 13.7. The third-order valence-electron chi connectivity index (χ3n) is 13.7. The maximum Gasteiger partial charge on any atom is 0.331 e. The maximum absolute atomic E-state index is 12.9. The maximum atomic E-state index is 12.9. The first kappa shape index (κ1) is 51.1. The van der Waals surface area contributed by atoms with Crippen molar-refractivity contribution in [3.05, 3.63) is 99.6 Å². The SMILES string of the molecule is COc1ccc(C2c3c(cc(C)c(OC)c3OC)CC[N+]2(C)CCCOC(=O)/C=C\C(=O)OCCC[N+]2(C)CCc3cc(OC)c(OC)cc3C2Cc2cc(OC)c(OC)c(OC)c2)cc1OC. The van der Waals surface area contributed by atoms with E-state index in [-0.39, 0.29) is 25.3 Å². The highest BCUT2D eigenvalue weighted by Crippen LogP contribution is 2.50. The normalized spacial score (nSPS) is 19.5. The average molecular weight is 943 g/mol. The number of methoxy groups -OCH3 is 9. The van der Waals surface area contributed by atoms with Gasteiger partial charge in [0.25, 0.3) is 0 Å². The Hall–Kier alpha value is -6.32. The Kier molecular flexibility index (Phi) is 17.0. The van der Waals surface area contributed by atoms with Crippen molar-refractivity contribution in [2.75, 3.05) is 117 Å². The number of esters is 2. The van der Waals surface area contributed by atoms with Crippen molar-refractivity contribution in [1.82, 2.24) is 0 Å². The lowest BCUT2D eigenvalue weighted by molar-refractivity contribution is -0.941. The molecule has 2 aliphatic rings. The van der Waals surface area contributed by atoms with Crippen molar-refractivity contribution in [2.24, 2.45) is 0 Å². The Balaban J connectivity index is 1.08. The first-order valence-corrected chi connectivity index (χ1v) is 23.0. The molecule has 0 amide bonds. The third kappa shape index (κ3) is 10.8. The summed E-state index contributed by atoms with van der Waals surface area (Å²) in [6.07, 6.45) is 5.76. The fourth-order valence-electron chi connectivity index (χ4n) is 10.3. The van der Waals surface area contributed by atoms with Gasteiger partial charge in [-0.1, -0.05) is 6.07 Å². The van der Waals surface area contributed by atoms with Gasteiger partial charge in [-0.25, -0.2) is 9.59 Å². The van der Waals surface area contributed by atoms with Crippen LogP contribution in [0.3, 0.4) is 0 Å². The fraction of sp³-hybridized carbons (Fsp3) is 0.472. The van der Waals surface area contributed by atoms with E-state index in [2.05, 4.69) is 38.4 Å². The molecule has 0 spiro atoms. The number of quaternary nitrogens is 2. The molecule has 0 radical (unpaired) electrons. The quantitative estimate of drug-likeness (QED) is 0.0332. The Morgan fingerprint density at radius 3 is 1.63 bits per heavy atom. The second-order valence-electron chi connectivity index (χ2n) is 17.7. The molecule has 6 rings (SSSR count). The average Bonchev–Trinajstić information content (AvgIpc) is 3.35. The highest BCUT2D eigenvalue weighted by atomic mass is 16.5. The number of benzene rings is 4. The number of carbonyl (C=O) groups excluding carboxylic acids is 2. The van der Waals surface area contributed by atoms with Gasteiger partial charge in [-0.3, -0.25) is 0 Å². The summed E-state index contributed by atoms with van der Waals surface area (Å²) in [6, 6.07) is 16.2. The van der Waals surface area contributed by atoms with Crippen molar-refractivity contribution < 1.29 is 70.7 Å². The number of likely N-dealkylation sites (N-methyl/N-ethyl adjacent to an activating group) is 2. The van der Waals surface area contributed by atoms with Crippen molar-refractivity contribution in [3.8, 4) is 51.7 Å². The summed E-state index contributed by atoms with van der Waals surface area (Å²) in [7, 11) is 19.1. The van der Waals surface area contributed by atoms with Crippen LogP contribution >= 0.6 is 0 Å². The van der Waals surface area contributed by atoms with Gasteiger partial charge in [0.1, 0.15) is 12.1 Å². The van der Waals surface area contributed by atoms with Gasteiger partial charge in [-0.15, -0.1) is 0 Å². The molecule has 2 heterocycles. The van der Waals surface area contributed by atoms with Crippen LogP contribution in [-0.4, -0.2) is 138 Å². The number of hydrogen-bond donors (Lipinski definition) is 0. The second kappa shape index (κ2) is 22.7. The monoisotopic (exact) mass is 942 g/mol. The molecule has 4 atom stereocenters. The summed E-state index contributed by atoms with van der Waals surface area (Å²) in [5.74, 6) is 4.52. The smallest absolute Gasteiger partial charge is 0.331 e. The number of ether oxygens (including phenoxy) is 11. The molecule has 0 fully saturated rings. The Morgan fingerprint density at radius 2 is 1.07 bits per heavy atom. The molecule has 4 unspecified atom stereocenters. The van der Waals surface area contributed by atoms with Gasteiger partial charge in [0.2, 0.25) is 5.75 Å². The van der Waals surface area contributed by atoms with Crippen LogP contribution in [0.15, 0.2) is 60.7 Å². The van der Waals surface area contributed by atoms with Crippen LogP contribution in [0.5, 0.6) is 51.7 Å². The molecule has 15 heteroatoms. The van der Waals surface area contributed by atoms with Crippen LogP contribution in [0.2, 0.25) is 0 Å². The molecule has 0 aliphatic carbocycles. The molecule has 368 valence electrons. The zero-order chi connectivity index (χ0) is 49.2. The van der Waals surface area contributed by atoms with Gasteiger partial charge in [0, 0.05) is 55.4 Å². The lowest BCUT2D eigenvalue weighted by atomic mass is 9.84. The van der Waals surface area contributed by atoms with Crippen LogP contribution in [0.1, 0.15) is 63.9 Å². The molecule has 15 nitrogen and oxygen atoms in total. The summed E-state index contributed by atoms with van der Waals surface area (Å²) in [6.45, 7) is 5.47. The topological polar surface area (TPSA) is 136 Å². The predicted molar refractivity (Wildman–Crippen MR) is 257 cm³/mol. The first-order chi connectivity index (χ1) is 32.7. The number of aryl methyl sites for hydroxylation is 1. The van der Waals surface area contributed by atoms with Gasteiger partial charge in [-0.2, -0.15) is 0 Å². The van der Waals surface area contributed by atoms with E-state index in [9.17, 15) is 9.59 Å². The Bertz CT molecular complexity index is 2430. The van der Waals surface area contributed by atoms with Crippen molar-refractivity contribution >= 4 is 11.9 Å².